The van der Waals surface area contributed by atoms with Gasteiger partial charge in [0.05, 0.1) is 6.54 Å². The first-order valence-electron chi connectivity index (χ1n) is 7.21. The normalized spacial score (nSPS) is 21.5. The monoisotopic (exact) mass is 299 g/mol. The maximum Gasteiger partial charge on any atom is 0.331 e. The van der Waals surface area contributed by atoms with Crippen LogP contribution in [0.5, 0.6) is 0 Å². The number of carbonyl (C=O) groups is 3. The summed E-state index contributed by atoms with van der Waals surface area (Å²) in [7, 11) is 0. The number of rotatable bonds is 5. The van der Waals surface area contributed by atoms with Crippen molar-refractivity contribution in [1.29, 1.82) is 0 Å². The van der Waals surface area contributed by atoms with Gasteiger partial charge in [0.1, 0.15) is 0 Å². The molecular weight excluding hydrogens is 282 g/mol. The molecule has 1 aromatic rings. The molecule has 6 heteroatoms. The fourth-order valence-electron chi connectivity index (χ4n) is 2.41. The Bertz CT molecular complexity index is 637. The highest BCUT2D eigenvalue weighted by atomic mass is 16.2. The smallest absolute Gasteiger partial charge is 0.331 e. The molecule has 0 spiro atoms. The van der Waals surface area contributed by atoms with Crippen LogP contribution < -0.4 is 10.6 Å². The molecule has 0 bridgehead atoms. The second-order valence-corrected chi connectivity index (χ2v) is 5.58. The Labute approximate surface area is 128 Å². The molecule has 1 aliphatic heterocycles. The van der Waals surface area contributed by atoms with Crippen LogP contribution >= 0.6 is 0 Å². The van der Waals surface area contributed by atoms with Crippen LogP contribution in [0.2, 0.25) is 0 Å². The van der Waals surface area contributed by atoms with E-state index in [9.17, 15) is 14.4 Å². The average Bonchev–Trinajstić information content (AvgIpc) is 3.28. The van der Waals surface area contributed by atoms with Crippen LogP contribution in [0.4, 0.5) is 4.79 Å². The number of carbonyl (C=O) groups excluding carboxylic acids is 3. The number of urea groups is 1. The van der Waals surface area contributed by atoms with Crippen molar-refractivity contribution in [3.8, 4) is 0 Å². The third-order valence-electron chi connectivity index (χ3n) is 3.75. The molecule has 1 heterocycles. The van der Waals surface area contributed by atoms with E-state index in [0.717, 1.165) is 23.3 Å². The highest BCUT2D eigenvalue weighted by molar-refractivity contribution is 6.17. The Balaban J connectivity index is 1.77. The molecule has 4 amide bonds. The zero-order valence-corrected chi connectivity index (χ0v) is 12.0. The minimum atomic E-state index is -1.05. The zero-order valence-electron chi connectivity index (χ0n) is 12.0. The van der Waals surface area contributed by atoms with Crippen LogP contribution in [0.3, 0.4) is 0 Å². The van der Waals surface area contributed by atoms with E-state index in [1.165, 1.54) is 0 Å². The molecule has 2 N–H and O–H groups in total. The van der Waals surface area contributed by atoms with Crippen LogP contribution in [0.15, 0.2) is 42.6 Å². The summed E-state index contributed by atoms with van der Waals surface area (Å²) in [5, 5.41) is 5.30. The van der Waals surface area contributed by atoms with Gasteiger partial charge in [0.2, 0.25) is 11.8 Å². The standard InChI is InChI=1S/C16H17N3O3/c1-10(17-12-7-8-12)13-14(20)18-16(22)19(15(13)21)9-11-5-3-2-4-6-11/h2-6,12-13,17H,1,7-9H2,(H,18,20,22)/t13-/m0/s1. The quantitative estimate of drug-likeness (QED) is 0.799. The van der Waals surface area contributed by atoms with E-state index < -0.39 is 23.8 Å². The van der Waals surface area contributed by atoms with Crippen LogP contribution in [-0.4, -0.2) is 28.8 Å². The van der Waals surface area contributed by atoms with Gasteiger partial charge in [-0.05, 0) is 18.4 Å². The van der Waals surface area contributed by atoms with E-state index in [1.807, 2.05) is 30.3 Å². The molecule has 114 valence electrons. The summed E-state index contributed by atoms with van der Waals surface area (Å²) in [6.07, 6.45) is 2.02. The van der Waals surface area contributed by atoms with Crippen molar-refractivity contribution < 1.29 is 14.4 Å². The number of benzene rings is 1. The lowest BCUT2D eigenvalue weighted by molar-refractivity contribution is -0.141. The van der Waals surface area contributed by atoms with Crippen LogP contribution in [-0.2, 0) is 16.1 Å². The van der Waals surface area contributed by atoms with Crippen molar-refractivity contribution in [3.63, 3.8) is 0 Å². The highest BCUT2D eigenvalue weighted by Gasteiger charge is 2.42. The lowest BCUT2D eigenvalue weighted by Crippen LogP contribution is -2.58. The molecule has 1 aliphatic carbocycles. The van der Waals surface area contributed by atoms with E-state index in [-0.39, 0.29) is 12.6 Å². The van der Waals surface area contributed by atoms with Crippen LogP contribution in [0, 0.1) is 5.92 Å². The molecule has 2 aliphatic rings. The lowest BCUT2D eigenvalue weighted by atomic mass is 10.0. The van der Waals surface area contributed by atoms with Gasteiger partial charge < -0.3 is 5.32 Å². The Kier molecular flexibility index (Phi) is 3.66. The molecule has 1 aromatic carbocycles. The minimum absolute atomic E-state index is 0.131. The predicted molar refractivity (Wildman–Crippen MR) is 79.3 cm³/mol. The van der Waals surface area contributed by atoms with Crippen LogP contribution in [0.25, 0.3) is 0 Å². The van der Waals surface area contributed by atoms with Crippen molar-refractivity contribution >= 4 is 17.8 Å². The van der Waals surface area contributed by atoms with Gasteiger partial charge in [0.15, 0.2) is 5.92 Å². The number of nitrogens with zero attached hydrogens (tertiary/aromatic N) is 1. The SMILES string of the molecule is C=C(NC1CC1)[C@H]1C(=O)NC(=O)N(Cc2ccccc2)C1=O. The maximum absolute atomic E-state index is 12.5. The van der Waals surface area contributed by atoms with Gasteiger partial charge in [0.25, 0.3) is 0 Å². The number of nitrogens with one attached hydrogen (secondary N) is 2. The summed E-state index contributed by atoms with van der Waals surface area (Å²) in [5.41, 5.74) is 1.18. The van der Waals surface area contributed by atoms with Gasteiger partial charge in [-0.15, -0.1) is 0 Å². The number of hydrogen-bond donors (Lipinski definition) is 2. The molecule has 1 atom stereocenters. The Hall–Kier alpha value is -2.63. The number of imide groups is 2. The Morgan fingerprint density at radius 3 is 2.55 bits per heavy atom. The summed E-state index contributed by atoms with van der Waals surface area (Å²) in [4.78, 5) is 37.5. The van der Waals surface area contributed by atoms with Crippen molar-refractivity contribution in [1.82, 2.24) is 15.5 Å². The molecular formula is C16H17N3O3. The van der Waals surface area contributed by atoms with Gasteiger partial charge in [-0.3, -0.25) is 19.8 Å². The topological polar surface area (TPSA) is 78.5 Å². The molecule has 22 heavy (non-hydrogen) atoms. The third-order valence-corrected chi connectivity index (χ3v) is 3.75. The molecule has 1 saturated carbocycles. The number of amides is 4. The third kappa shape index (κ3) is 2.86. The van der Waals surface area contributed by atoms with Crippen LogP contribution in [0.1, 0.15) is 18.4 Å². The summed E-state index contributed by atoms with van der Waals surface area (Å²) in [6.45, 7) is 3.93. The molecule has 0 radical (unpaired) electrons. The first-order chi connectivity index (χ1) is 10.6. The van der Waals surface area contributed by atoms with Gasteiger partial charge in [-0.25, -0.2) is 4.79 Å². The zero-order chi connectivity index (χ0) is 15.7. The lowest BCUT2D eigenvalue weighted by Gasteiger charge is -2.31. The summed E-state index contributed by atoms with van der Waals surface area (Å²) in [6, 6.07) is 8.76. The van der Waals surface area contributed by atoms with Crippen molar-refractivity contribution in [2.24, 2.45) is 5.92 Å². The average molecular weight is 299 g/mol. The van der Waals surface area contributed by atoms with Crippen molar-refractivity contribution in [2.45, 2.75) is 25.4 Å². The first-order valence-corrected chi connectivity index (χ1v) is 7.21. The second-order valence-electron chi connectivity index (χ2n) is 5.58. The Morgan fingerprint density at radius 1 is 1.23 bits per heavy atom. The predicted octanol–water partition coefficient (Wildman–Crippen LogP) is 1.15. The van der Waals surface area contributed by atoms with Crippen molar-refractivity contribution in [2.75, 3.05) is 0 Å². The van der Waals surface area contributed by atoms with Gasteiger partial charge in [-0.2, -0.15) is 0 Å². The minimum Gasteiger partial charge on any atom is -0.385 e. The van der Waals surface area contributed by atoms with E-state index in [4.69, 9.17) is 0 Å². The Morgan fingerprint density at radius 2 is 1.91 bits per heavy atom. The maximum atomic E-state index is 12.5. The van der Waals surface area contributed by atoms with Crippen molar-refractivity contribution in [3.05, 3.63) is 48.2 Å². The van der Waals surface area contributed by atoms with E-state index in [0.29, 0.717) is 5.70 Å². The fourth-order valence-corrected chi connectivity index (χ4v) is 2.41. The molecule has 3 rings (SSSR count). The number of barbiturate groups is 1. The number of hydrogen-bond acceptors (Lipinski definition) is 4. The fraction of sp³-hybridized carbons (Fsp3) is 0.312. The largest absolute Gasteiger partial charge is 0.385 e. The van der Waals surface area contributed by atoms with Gasteiger partial charge in [0, 0.05) is 11.7 Å². The second kappa shape index (κ2) is 5.63. The van der Waals surface area contributed by atoms with Gasteiger partial charge in [-0.1, -0.05) is 36.9 Å². The van der Waals surface area contributed by atoms with E-state index >= 15 is 0 Å². The first kappa shape index (κ1) is 14.3. The molecule has 6 nitrogen and oxygen atoms in total. The summed E-state index contributed by atoms with van der Waals surface area (Å²) in [5.74, 6) is -2.20. The van der Waals surface area contributed by atoms with Gasteiger partial charge >= 0.3 is 6.03 Å². The van der Waals surface area contributed by atoms with E-state index in [2.05, 4.69) is 17.2 Å². The highest BCUT2D eigenvalue weighted by Crippen LogP contribution is 2.24. The summed E-state index contributed by atoms with van der Waals surface area (Å²) >= 11 is 0. The molecule has 0 aromatic heterocycles. The van der Waals surface area contributed by atoms with E-state index in [1.54, 1.807) is 0 Å². The summed E-state index contributed by atoms with van der Waals surface area (Å²) < 4.78 is 0. The molecule has 1 saturated heterocycles. The molecule has 0 unspecified atom stereocenters. The molecule has 2 fully saturated rings.